The van der Waals surface area contributed by atoms with Gasteiger partial charge in [-0.3, -0.25) is 14.7 Å². The summed E-state index contributed by atoms with van der Waals surface area (Å²) in [6, 6.07) is 2.83. The van der Waals surface area contributed by atoms with Crippen LogP contribution < -0.4 is 21.1 Å². The largest absolute Gasteiger partial charge is 0.477 e. The van der Waals surface area contributed by atoms with Gasteiger partial charge in [-0.1, -0.05) is 0 Å². The van der Waals surface area contributed by atoms with Gasteiger partial charge in [-0.2, -0.15) is 0 Å². The SMILES string of the molecule is CNc1cc(F)c(F)c2c1Cc1ncc(-c3cnc4c(c3)c(=O)c(C(=O)O)cn4NC)c(N3C[C@@H]4OCCN(C)[C@@H]4C3)c1-2. The van der Waals surface area contributed by atoms with Crippen molar-refractivity contribution in [3.8, 4) is 22.3 Å². The van der Waals surface area contributed by atoms with Crippen LogP contribution in [0.2, 0.25) is 0 Å². The first-order valence-electron chi connectivity index (χ1n) is 14.0. The smallest absolute Gasteiger partial charge is 0.341 e. The average Bonchev–Trinajstić information content (AvgIpc) is 3.61. The lowest BCUT2D eigenvalue weighted by Gasteiger charge is -2.33. The second-order valence-corrected chi connectivity index (χ2v) is 11.1. The molecule has 5 heterocycles. The molecule has 4 aromatic rings. The third kappa shape index (κ3) is 4.06. The Balaban J connectivity index is 1.50. The first kappa shape index (κ1) is 27.2. The number of fused-ring (bicyclic) bond motifs is 5. The number of nitrogens with zero attached hydrogens (tertiary/aromatic N) is 5. The van der Waals surface area contributed by atoms with Crippen molar-refractivity contribution in [3.63, 3.8) is 0 Å². The predicted octanol–water partition coefficient (Wildman–Crippen LogP) is 2.74. The van der Waals surface area contributed by atoms with Crippen LogP contribution in [-0.4, -0.2) is 90.1 Å². The van der Waals surface area contributed by atoms with Crippen molar-refractivity contribution < 1.29 is 23.4 Å². The number of aromatic nitrogens is 3. The Labute approximate surface area is 244 Å². The van der Waals surface area contributed by atoms with E-state index in [-0.39, 0.29) is 28.7 Å². The van der Waals surface area contributed by atoms with E-state index in [0.29, 0.717) is 65.4 Å². The van der Waals surface area contributed by atoms with Crippen molar-refractivity contribution in [1.29, 1.82) is 0 Å². The molecule has 13 heteroatoms. The summed E-state index contributed by atoms with van der Waals surface area (Å²) < 4.78 is 38.2. The summed E-state index contributed by atoms with van der Waals surface area (Å²) in [6.07, 6.45) is 4.66. The fourth-order valence-corrected chi connectivity index (χ4v) is 6.70. The third-order valence-corrected chi connectivity index (χ3v) is 8.84. The lowest BCUT2D eigenvalue weighted by molar-refractivity contribution is -0.0362. The van der Waals surface area contributed by atoms with Crippen LogP contribution in [0.15, 0.2) is 35.5 Å². The molecule has 3 aromatic heterocycles. The van der Waals surface area contributed by atoms with E-state index in [1.165, 1.54) is 10.9 Å². The number of benzene rings is 1. The molecule has 2 aliphatic heterocycles. The van der Waals surface area contributed by atoms with E-state index in [9.17, 15) is 19.1 Å². The molecule has 0 radical (unpaired) electrons. The van der Waals surface area contributed by atoms with E-state index in [2.05, 4.69) is 25.5 Å². The van der Waals surface area contributed by atoms with Gasteiger partial charge in [0.2, 0.25) is 5.43 Å². The summed E-state index contributed by atoms with van der Waals surface area (Å²) in [7, 11) is 5.30. The molecule has 0 spiro atoms. The zero-order chi connectivity index (χ0) is 30.2. The molecule has 222 valence electrons. The summed E-state index contributed by atoms with van der Waals surface area (Å²) in [6.45, 7) is 2.47. The van der Waals surface area contributed by atoms with Crippen molar-refractivity contribution in [3.05, 3.63) is 69.4 Å². The topological polar surface area (TPSA) is 125 Å². The van der Waals surface area contributed by atoms with Gasteiger partial charge >= 0.3 is 5.97 Å². The number of carbonyl (C=O) groups is 1. The summed E-state index contributed by atoms with van der Waals surface area (Å²) >= 11 is 0. The number of ether oxygens (including phenoxy) is 1. The highest BCUT2D eigenvalue weighted by molar-refractivity contribution is 5.98. The van der Waals surface area contributed by atoms with Crippen LogP contribution in [0.1, 0.15) is 21.6 Å². The summed E-state index contributed by atoms with van der Waals surface area (Å²) in [5.41, 5.74) is 6.05. The Bertz CT molecular complexity index is 1900. The summed E-state index contributed by atoms with van der Waals surface area (Å²) in [5, 5.41) is 12.7. The molecule has 0 unspecified atom stereocenters. The van der Waals surface area contributed by atoms with Gasteiger partial charge in [-0.25, -0.2) is 23.2 Å². The number of morpholine rings is 1. The van der Waals surface area contributed by atoms with Gasteiger partial charge in [-0.15, -0.1) is 0 Å². The van der Waals surface area contributed by atoms with E-state index in [1.54, 1.807) is 32.6 Å². The molecule has 11 nitrogen and oxygen atoms in total. The molecule has 3 N–H and O–H groups in total. The maximum absolute atomic E-state index is 15.7. The lowest BCUT2D eigenvalue weighted by Crippen LogP contribution is -2.48. The van der Waals surface area contributed by atoms with Gasteiger partial charge in [0.05, 0.1) is 35.5 Å². The molecule has 0 bridgehead atoms. The molecule has 3 aliphatic rings. The number of pyridine rings is 3. The molecular formula is C30H29F2N7O4. The molecule has 2 saturated heterocycles. The predicted molar refractivity (Wildman–Crippen MR) is 158 cm³/mol. The number of hydrogen-bond acceptors (Lipinski definition) is 9. The maximum Gasteiger partial charge on any atom is 0.341 e. The number of halogens is 2. The van der Waals surface area contributed by atoms with E-state index >= 15 is 4.39 Å². The highest BCUT2D eigenvalue weighted by Crippen LogP contribution is 2.50. The Morgan fingerprint density at radius 1 is 1.14 bits per heavy atom. The van der Waals surface area contributed by atoms with Gasteiger partial charge in [0.25, 0.3) is 0 Å². The molecule has 0 saturated carbocycles. The summed E-state index contributed by atoms with van der Waals surface area (Å²) in [4.78, 5) is 38.7. The maximum atomic E-state index is 15.7. The fourth-order valence-electron chi connectivity index (χ4n) is 6.70. The number of carboxylic acid groups (broad SMARTS) is 1. The quantitative estimate of drug-likeness (QED) is 0.282. The molecule has 1 aliphatic carbocycles. The molecule has 7 rings (SSSR count). The van der Waals surface area contributed by atoms with Crippen molar-refractivity contribution in [2.24, 2.45) is 0 Å². The van der Waals surface area contributed by atoms with E-state index in [1.807, 2.05) is 7.05 Å². The molecule has 1 aromatic carbocycles. The number of likely N-dealkylation sites (N-methyl/N-ethyl adjacent to an activating group) is 1. The van der Waals surface area contributed by atoms with Crippen molar-refractivity contribution in [1.82, 2.24) is 19.5 Å². The molecule has 0 amide bonds. The van der Waals surface area contributed by atoms with Gasteiger partial charge in [0.1, 0.15) is 5.56 Å². The minimum absolute atomic E-state index is 0.0859. The van der Waals surface area contributed by atoms with Gasteiger partial charge in [-0.05, 0) is 18.7 Å². The number of nitrogens with one attached hydrogen (secondary N) is 2. The van der Waals surface area contributed by atoms with Crippen LogP contribution in [-0.2, 0) is 11.2 Å². The van der Waals surface area contributed by atoms with Crippen LogP contribution in [0.4, 0.5) is 20.2 Å². The van der Waals surface area contributed by atoms with Crippen LogP contribution in [0.25, 0.3) is 33.3 Å². The van der Waals surface area contributed by atoms with E-state index in [4.69, 9.17) is 9.72 Å². The second kappa shape index (κ2) is 9.99. The first-order chi connectivity index (χ1) is 20.7. The number of carboxylic acids is 1. The minimum Gasteiger partial charge on any atom is -0.477 e. The summed E-state index contributed by atoms with van der Waals surface area (Å²) in [5.74, 6) is -3.27. The standard InChI is InChI=1S/C30H29F2N7O4/c1-33-20-8-19(31)26(32)24-15(20)7-21-25(24)27(38-12-22-23(13-38)43-5-4-37(22)3)17(10-35-21)14-6-16-28(40)18(30(41)42)11-39(34-2)29(16)36-9-14/h6,8-11,22-23,33-34H,4-5,7,12-13H2,1-3H3,(H,41,42)/t22-,23+/m1/s1. The van der Waals surface area contributed by atoms with Gasteiger partial charge < -0.3 is 25.5 Å². The number of aromatic carboxylic acids is 1. The number of anilines is 2. The Kier molecular flexibility index (Phi) is 6.32. The van der Waals surface area contributed by atoms with Crippen molar-refractivity contribution in [2.45, 2.75) is 18.6 Å². The zero-order valence-corrected chi connectivity index (χ0v) is 23.7. The highest BCUT2D eigenvalue weighted by Gasteiger charge is 2.42. The lowest BCUT2D eigenvalue weighted by atomic mass is 9.97. The average molecular weight is 590 g/mol. The van der Waals surface area contributed by atoms with Crippen LogP contribution >= 0.6 is 0 Å². The molecule has 2 atom stereocenters. The van der Waals surface area contributed by atoms with Crippen molar-refractivity contribution >= 4 is 28.4 Å². The van der Waals surface area contributed by atoms with Crippen LogP contribution in [0, 0.1) is 11.6 Å². The number of rotatable bonds is 5. The van der Waals surface area contributed by atoms with E-state index < -0.39 is 28.6 Å². The minimum atomic E-state index is -1.36. The number of hydrogen-bond donors (Lipinski definition) is 3. The zero-order valence-electron chi connectivity index (χ0n) is 23.7. The van der Waals surface area contributed by atoms with Crippen LogP contribution in [0.3, 0.4) is 0 Å². The Morgan fingerprint density at radius 2 is 1.95 bits per heavy atom. The van der Waals surface area contributed by atoms with Crippen LogP contribution in [0.5, 0.6) is 0 Å². The first-order valence-corrected chi connectivity index (χ1v) is 14.0. The molecular weight excluding hydrogens is 560 g/mol. The van der Waals surface area contributed by atoms with Crippen molar-refractivity contribution in [2.75, 3.05) is 63.0 Å². The Morgan fingerprint density at radius 3 is 2.67 bits per heavy atom. The van der Waals surface area contributed by atoms with Gasteiger partial charge in [0.15, 0.2) is 17.3 Å². The van der Waals surface area contributed by atoms with Gasteiger partial charge in [0, 0.05) is 92.7 Å². The monoisotopic (exact) mass is 589 g/mol. The normalized spacial score (nSPS) is 19.3. The Hall–Kier alpha value is -4.62. The fraction of sp³-hybridized carbons (Fsp3) is 0.333. The molecule has 43 heavy (non-hydrogen) atoms. The third-order valence-electron chi connectivity index (χ3n) is 8.84. The molecule has 2 fully saturated rings. The van der Waals surface area contributed by atoms with E-state index in [0.717, 1.165) is 12.6 Å². The highest BCUT2D eigenvalue weighted by atomic mass is 19.2. The second-order valence-electron chi connectivity index (χ2n) is 11.1.